The first kappa shape index (κ1) is 19.7. The van der Waals surface area contributed by atoms with Gasteiger partial charge in [-0.3, -0.25) is 0 Å². The van der Waals surface area contributed by atoms with Gasteiger partial charge in [0.15, 0.2) is 5.88 Å². The molecule has 0 radical (unpaired) electrons. The smallest absolute Gasteiger partial charge is 0.196 e. The van der Waals surface area contributed by atoms with E-state index in [-0.39, 0.29) is 0 Å². The number of furan rings is 1. The molecule has 4 nitrogen and oxygen atoms in total. The average molecular weight is 384 g/mol. The van der Waals surface area contributed by atoms with E-state index in [1.54, 1.807) is 17.6 Å². The number of hydrogen-bond donors (Lipinski definition) is 0. The summed E-state index contributed by atoms with van der Waals surface area (Å²) in [5.41, 5.74) is 2.28. The van der Waals surface area contributed by atoms with Crippen LogP contribution in [0.25, 0.3) is 0 Å². The van der Waals surface area contributed by atoms with Gasteiger partial charge in [0.25, 0.3) is 0 Å². The molecule has 1 atom stereocenters. The molecule has 1 aliphatic rings. The van der Waals surface area contributed by atoms with Gasteiger partial charge in [-0.25, -0.2) is 4.99 Å². The lowest BCUT2D eigenvalue weighted by Crippen LogP contribution is -2.26. The van der Waals surface area contributed by atoms with Crippen LogP contribution < -0.4 is 4.90 Å². The van der Waals surface area contributed by atoms with Crippen LogP contribution in [-0.2, 0) is 12.8 Å². The molecule has 0 unspecified atom stereocenters. The fourth-order valence-electron chi connectivity index (χ4n) is 3.76. The largest absolute Gasteiger partial charge is 0.440 e. The van der Waals surface area contributed by atoms with E-state index in [1.807, 2.05) is 12.1 Å². The summed E-state index contributed by atoms with van der Waals surface area (Å²) in [4.78, 5) is 8.12. The molecule has 0 aromatic carbocycles. The maximum absolute atomic E-state index is 9.68. The number of nitrogens with zero attached hydrogens (tertiary/aromatic N) is 3. The molecule has 0 aliphatic heterocycles. The standard InChI is InChI=1S/C22H29N3OS/c1-6-25(7-2)20-11-9-16(26-20)14-24-21-18(13-23)17-10-8-15(22(3,4)5)12-19(17)27-21/h9,11,14-15H,6-8,10,12H2,1-5H3/t15-/m0/s1. The molecule has 2 aromatic rings. The molecule has 27 heavy (non-hydrogen) atoms. The highest BCUT2D eigenvalue weighted by atomic mass is 32.1. The molecule has 144 valence electrons. The minimum Gasteiger partial charge on any atom is -0.440 e. The van der Waals surface area contributed by atoms with Crippen LogP contribution in [0.4, 0.5) is 10.9 Å². The molecular weight excluding hydrogens is 354 g/mol. The Morgan fingerprint density at radius 1 is 1.33 bits per heavy atom. The van der Waals surface area contributed by atoms with Crippen molar-refractivity contribution in [3.63, 3.8) is 0 Å². The van der Waals surface area contributed by atoms with Crippen molar-refractivity contribution in [1.29, 1.82) is 5.26 Å². The zero-order valence-electron chi connectivity index (χ0n) is 17.0. The van der Waals surface area contributed by atoms with Gasteiger partial charge < -0.3 is 9.32 Å². The second kappa shape index (κ2) is 7.90. The van der Waals surface area contributed by atoms with Gasteiger partial charge in [0.1, 0.15) is 16.8 Å². The van der Waals surface area contributed by atoms with E-state index in [1.165, 1.54) is 10.4 Å². The molecule has 0 N–H and O–H groups in total. The normalized spacial score (nSPS) is 17.1. The van der Waals surface area contributed by atoms with Crippen LogP contribution >= 0.6 is 11.3 Å². The Balaban J connectivity index is 1.83. The Hall–Kier alpha value is -2.06. The molecule has 0 bridgehead atoms. The Morgan fingerprint density at radius 2 is 2.07 bits per heavy atom. The third kappa shape index (κ3) is 4.11. The molecule has 2 heterocycles. The first-order valence-electron chi connectivity index (χ1n) is 9.80. The van der Waals surface area contributed by atoms with E-state index in [4.69, 9.17) is 4.42 Å². The van der Waals surface area contributed by atoms with Crippen molar-refractivity contribution in [2.24, 2.45) is 16.3 Å². The van der Waals surface area contributed by atoms with Gasteiger partial charge in [-0.05, 0) is 56.1 Å². The van der Waals surface area contributed by atoms with Crippen LogP contribution in [0.1, 0.15) is 62.8 Å². The van der Waals surface area contributed by atoms with E-state index in [2.05, 4.69) is 50.6 Å². The topological polar surface area (TPSA) is 52.5 Å². The summed E-state index contributed by atoms with van der Waals surface area (Å²) in [6, 6.07) is 6.31. The van der Waals surface area contributed by atoms with Crippen molar-refractivity contribution in [3.8, 4) is 6.07 Å². The number of nitriles is 1. The quantitative estimate of drug-likeness (QED) is 0.599. The van der Waals surface area contributed by atoms with Crippen molar-refractivity contribution < 1.29 is 4.42 Å². The number of aliphatic imine (C=N–C) groups is 1. The van der Waals surface area contributed by atoms with E-state index in [0.29, 0.717) is 11.3 Å². The Morgan fingerprint density at radius 3 is 2.70 bits per heavy atom. The number of fused-ring (bicyclic) bond motifs is 1. The summed E-state index contributed by atoms with van der Waals surface area (Å²) in [5, 5.41) is 10.5. The predicted octanol–water partition coefficient (Wildman–Crippen LogP) is 5.96. The number of thiophene rings is 1. The predicted molar refractivity (Wildman–Crippen MR) is 114 cm³/mol. The van der Waals surface area contributed by atoms with Gasteiger partial charge in [0, 0.05) is 24.0 Å². The highest BCUT2D eigenvalue weighted by Gasteiger charge is 2.32. The van der Waals surface area contributed by atoms with Gasteiger partial charge in [-0.15, -0.1) is 11.3 Å². The average Bonchev–Trinajstić information content (AvgIpc) is 3.23. The van der Waals surface area contributed by atoms with Gasteiger partial charge in [0.2, 0.25) is 0 Å². The lowest BCUT2D eigenvalue weighted by Gasteiger charge is -2.33. The van der Waals surface area contributed by atoms with Crippen molar-refractivity contribution in [1.82, 2.24) is 0 Å². The minimum absolute atomic E-state index is 0.299. The van der Waals surface area contributed by atoms with E-state index >= 15 is 0 Å². The monoisotopic (exact) mass is 383 g/mol. The maximum Gasteiger partial charge on any atom is 0.196 e. The second-order valence-corrected chi connectivity index (χ2v) is 9.29. The van der Waals surface area contributed by atoms with Crippen LogP contribution in [0, 0.1) is 22.7 Å². The highest BCUT2D eigenvalue weighted by Crippen LogP contribution is 2.44. The van der Waals surface area contributed by atoms with Crippen molar-refractivity contribution >= 4 is 28.4 Å². The van der Waals surface area contributed by atoms with Gasteiger partial charge in [-0.2, -0.15) is 5.26 Å². The zero-order valence-corrected chi connectivity index (χ0v) is 17.8. The summed E-state index contributed by atoms with van der Waals surface area (Å²) >= 11 is 1.68. The van der Waals surface area contributed by atoms with Crippen LogP contribution in [0.3, 0.4) is 0 Å². The van der Waals surface area contributed by atoms with Crippen molar-refractivity contribution in [2.45, 2.75) is 53.9 Å². The van der Waals surface area contributed by atoms with Crippen LogP contribution in [0.5, 0.6) is 0 Å². The first-order valence-corrected chi connectivity index (χ1v) is 10.6. The molecule has 0 fully saturated rings. The molecule has 5 heteroatoms. The van der Waals surface area contributed by atoms with Crippen LogP contribution in [0.15, 0.2) is 21.5 Å². The maximum atomic E-state index is 9.68. The minimum atomic E-state index is 0.299. The SMILES string of the molecule is CCN(CC)c1ccc(C=Nc2sc3c(c2C#N)CC[C@H](C(C)(C)C)C3)o1. The summed E-state index contributed by atoms with van der Waals surface area (Å²) < 4.78 is 5.88. The molecular formula is C22H29N3OS. The molecule has 0 saturated carbocycles. The fourth-order valence-corrected chi connectivity index (χ4v) is 4.98. The van der Waals surface area contributed by atoms with Crippen LogP contribution in [-0.4, -0.2) is 19.3 Å². The lowest BCUT2D eigenvalue weighted by molar-refractivity contribution is 0.218. The molecule has 2 aromatic heterocycles. The van der Waals surface area contributed by atoms with Gasteiger partial charge in [-0.1, -0.05) is 20.8 Å². The lowest BCUT2D eigenvalue weighted by atomic mass is 9.72. The number of anilines is 1. The number of rotatable bonds is 5. The summed E-state index contributed by atoms with van der Waals surface area (Å²) in [6.07, 6.45) is 4.93. The molecule has 0 spiro atoms. The molecule has 1 aliphatic carbocycles. The molecule has 0 amide bonds. The Bertz CT molecular complexity index is 859. The Labute approximate surface area is 166 Å². The first-order chi connectivity index (χ1) is 12.9. The van der Waals surface area contributed by atoms with Crippen molar-refractivity contribution in [2.75, 3.05) is 18.0 Å². The van der Waals surface area contributed by atoms with Crippen LogP contribution in [0.2, 0.25) is 0 Å². The third-order valence-electron chi connectivity index (χ3n) is 5.58. The number of hydrogen-bond acceptors (Lipinski definition) is 5. The zero-order chi connectivity index (χ0) is 19.6. The second-order valence-electron chi connectivity index (χ2n) is 8.21. The summed E-state index contributed by atoms with van der Waals surface area (Å²) in [6.45, 7) is 13.0. The van der Waals surface area contributed by atoms with E-state index < -0.39 is 0 Å². The van der Waals surface area contributed by atoms with E-state index in [9.17, 15) is 5.26 Å². The molecule has 3 rings (SSSR count). The summed E-state index contributed by atoms with van der Waals surface area (Å²) in [5.74, 6) is 2.24. The Kier molecular flexibility index (Phi) is 5.76. The molecule has 0 saturated heterocycles. The van der Waals surface area contributed by atoms with Crippen molar-refractivity contribution in [3.05, 3.63) is 33.9 Å². The third-order valence-corrected chi connectivity index (χ3v) is 6.74. The van der Waals surface area contributed by atoms with Gasteiger partial charge >= 0.3 is 0 Å². The van der Waals surface area contributed by atoms with Gasteiger partial charge in [0.05, 0.1) is 11.8 Å². The fraction of sp³-hybridized carbons (Fsp3) is 0.545. The summed E-state index contributed by atoms with van der Waals surface area (Å²) in [7, 11) is 0. The van der Waals surface area contributed by atoms with E-state index in [0.717, 1.165) is 54.6 Å². The highest BCUT2D eigenvalue weighted by molar-refractivity contribution is 7.16.